The zero-order valence-corrected chi connectivity index (χ0v) is 12.8. The van der Waals surface area contributed by atoms with Gasteiger partial charge in [0.05, 0.1) is 24.4 Å². The van der Waals surface area contributed by atoms with Crippen molar-refractivity contribution in [2.45, 2.75) is 38.4 Å². The molecule has 1 aromatic carbocycles. The second kappa shape index (κ2) is 6.84. The van der Waals surface area contributed by atoms with E-state index in [0.717, 1.165) is 12.8 Å². The van der Waals surface area contributed by atoms with Crippen LogP contribution in [0.15, 0.2) is 18.2 Å². The van der Waals surface area contributed by atoms with Crippen molar-refractivity contribution in [1.82, 2.24) is 0 Å². The first kappa shape index (κ1) is 15.7. The van der Waals surface area contributed by atoms with Gasteiger partial charge < -0.3 is 19.3 Å². The number of rotatable bonds is 4. The standard InChI is InChI=1S/C17H22O4/c1-17(2)9-8-15(21-17)12-20-16-7-6-14(19-3)11-13(16)5-4-10-18/h6-7,11,15,18H,8-10,12H2,1-3H3. The molecule has 1 aliphatic rings. The summed E-state index contributed by atoms with van der Waals surface area (Å²) >= 11 is 0. The molecule has 1 aromatic rings. The smallest absolute Gasteiger partial charge is 0.135 e. The predicted molar refractivity (Wildman–Crippen MR) is 80.6 cm³/mol. The lowest BCUT2D eigenvalue weighted by Crippen LogP contribution is -2.24. The minimum atomic E-state index is -0.184. The summed E-state index contributed by atoms with van der Waals surface area (Å²) in [5.74, 6) is 6.92. The van der Waals surface area contributed by atoms with Crippen LogP contribution in [0.3, 0.4) is 0 Å². The van der Waals surface area contributed by atoms with Crippen LogP contribution in [0.2, 0.25) is 0 Å². The van der Waals surface area contributed by atoms with E-state index in [0.29, 0.717) is 23.7 Å². The van der Waals surface area contributed by atoms with Gasteiger partial charge in [-0.15, -0.1) is 0 Å². The molecule has 1 atom stereocenters. The summed E-state index contributed by atoms with van der Waals surface area (Å²) in [6, 6.07) is 5.47. The number of methoxy groups -OCH3 is 1. The van der Waals surface area contributed by atoms with Gasteiger partial charge >= 0.3 is 0 Å². The van der Waals surface area contributed by atoms with E-state index in [1.54, 1.807) is 13.2 Å². The van der Waals surface area contributed by atoms with Gasteiger partial charge in [-0.1, -0.05) is 11.8 Å². The molecule has 114 valence electrons. The molecule has 0 spiro atoms. The first-order valence-electron chi connectivity index (χ1n) is 7.12. The second-order valence-corrected chi connectivity index (χ2v) is 5.67. The topological polar surface area (TPSA) is 47.9 Å². The van der Waals surface area contributed by atoms with Gasteiger partial charge in [0, 0.05) is 0 Å². The molecule has 1 N–H and O–H groups in total. The third-order valence-corrected chi connectivity index (χ3v) is 3.47. The largest absolute Gasteiger partial charge is 0.497 e. The molecule has 4 heteroatoms. The van der Waals surface area contributed by atoms with Gasteiger partial charge in [-0.3, -0.25) is 0 Å². The average molecular weight is 290 g/mol. The van der Waals surface area contributed by atoms with Crippen molar-refractivity contribution in [3.05, 3.63) is 23.8 Å². The SMILES string of the molecule is COc1ccc(OCC2CCC(C)(C)O2)c(C#CCO)c1. The van der Waals surface area contributed by atoms with Crippen LogP contribution in [-0.2, 0) is 4.74 Å². The van der Waals surface area contributed by atoms with Crippen LogP contribution in [0.4, 0.5) is 0 Å². The summed E-state index contributed by atoms with van der Waals surface area (Å²) in [6.07, 6.45) is 2.16. The van der Waals surface area contributed by atoms with E-state index in [4.69, 9.17) is 19.3 Å². The summed E-state index contributed by atoms with van der Waals surface area (Å²) in [4.78, 5) is 0. The molecule has 0 bridgehead atoms. The van der Waals surface area contributed by atoms with E-state index in [2.05, 4.69) is 25.7 Å². The van der Waals surface area contributed by atoms with Gasteiger partial charge in [0.1, 0.15) is 24.7 Å². The second-order valence-electron chi connectivity index (χ2n) is 5.67. The first-order valence-corrected chi connectivity index (χ1v) is 7.12. The van der Waals surface area contributed by atoms with Gasteiger partial charge in [0.25, 0.3) is 0 Å². The number of hydrogen-bond donors (Lipinski definition) is 1. The van der Waals surface area contributed by atoms with E-state index in [1.165, 1.54) is 0 Å². The number of hydrogen-bond acceptors (Lipinski definition) is 4. The maximum absolute atomic E-state index is 8.84. The quantitative estimate of drug-likeness (QED) is 0.865. The number of ether oxygens (including phenoxy) is 3. The van der Waals surface area contributed by atoms with Crippen molar-refractivity contribution >= 4 is 0 Å². The molecule has 0 amide bonds. The van der Waals surface area contributed by atoms with Crippen LogP contribution < -0.4 is 9.47 Å². The van der Waals surface area contributed by atoms with Crippen LogP contribution in [0.1, 0.15) is 32.3 Å². The molecule has 0 aliphatic carbocycles. The molecule has 4 nitrogen and oxygen atoms in total. The lowest BCUT2D eigenvalue weighted by atomic mass is 10.1. The molecule has 0 saturated carbocycles. The van der Waals surface area contributed by atoms with Gasteiger partial charge in [-0.05, 0) is 44.9 Å². The maximum atomic E-state index is 8.84. The fourth-order valence-corrected chi connectivity index (χ4v) is 2.37. The Bertz CT molecular complexity index is 539. The lowest BCUT2D eigenvalue weighted by molar-refractivity contribution is -0.0326. The Morgan fingerprint density at radius 2 is 2.24 bits per heavy atom. The first-order chi connectivity index (χ1) is 10.0. The highest BCUT2D eigenvalue weighted by Gasteiger charge is 2.31. The normalized spacial score (nSPS) is 19.7. The number of benzene rings is 1. The van der Waals surface area contributed by atoms with Crippen molar-refractivity contribution in [3.8, 4) is 23.3 Å². The zero-order chi connectivity index (χ0) is 15.3. The average Bonchev–Trinajstić information content (AvgIpc) is 2.82. The summed E-state index contributed by atoms with van der Waals surface area (Å²) in [6.45, 7) is 4.51. The summed E-state index contributed by atoms with van der Waals surface area (Å²) < 4.78 is 16.9. The van der Waals surface area contributed by atoms with Crippen LogP contribution >= 0.6 is 0 Å². The van der Waals surface area contributed by atoms with Crippen molar-refractivity contribution in [1.29, 1.82) is 0 Å². The third kappa shape index (κ3) is 4.38. The number of aliphatic hydroxyl groups excluding tert-OH is 1. The van der Waals surface area contributed by atoms with Crippen LogP contribution in [0.25, 0.3) is 0 Å². The monoisotopic (exact) mass is 290 g/mol. The zero-order valence-electron chi connectivity index (χ0n) is 12.8. The Balaban J connectivity index is 2.05. The van der Waals surface area contributed by atoms with E-state index in [9.17, 15) is 0 Å². The van der Waals surface area contributed by atoms with Crippen LogP contribution in [0.5, 0.6) is 11.5 Å². The Morgan fingerprint density at radius 1 is 1.43 bits per heavy atom. The molecule has 1 unspecified atom stereocenters. The highest BCUT2D eigenvalue weighted by atomic mass is 16.6. The minimum Gasteiger partial charge on any atom is -0.497 e. The summed E-state index contributed by atoms with van der Waals surface area (Å²) in [7, 11) is 1.60. The Hall–Kier alpha value is -1.70. The Morgan fingerprint density at radius 3 is 2.86 bits per heavy atom. The maximum Gasteiger partial charge on any atom is 0.135 e. The molecule has 21 heavy (non-hydrogen) atoms. The van der Waals surface area contributed by atoms with E-state index in [-0.39, 0.29) is 18.3 Å². The van der Waals surface area contributed by atoms with E-state index >= 15 is 0 Å². The molecule has 2 rings (SSSR count). The van der Waals surface area contributed by atoms with Crippen molar-refractivity contribution in [3.63, 3.8) is 0 Å². The van der Waals surface area contributed by atoms with Crippen molar-refractivity contribution < 1.29 is 19.3 Å². The lowest BCUT2D eigenvalue weighted by Gasteiger charge is -2.19. The van der Waals surface area contributed by atoms with Crippen LogP contribution in [-0.4, -0.2) is 37.1 Å². The number of aliphatic hydroxyl groups is 1. The molecule has 0 aromatic heterocycles. The Labute approximate surface area is 126 Å². The molecule has 0 radical (unpaired) electrons. The molecular formula is C17H22O4. The fourth-order valence-electron chi connectivity index (χ4n) is 2.37. The van der Waals surface area contributed by atoms with Gasteiger partial charge in [0.2, 0.25) is 0 Å². The minimum absolute atomic E-state index is 0.0620. The van der Waals surface area contributed by atoms with E-state index in [1.807, 2.05) is 12.1 Å². The highest BCUT2D eigenvalue weighted by Crippen LogP contribution is 2.30. The third-order valence-electron chi connectivity index (χ3n) is 3.47. The van der Waals surface area contributed by atoms with Gasteiger partial charge in [-0.2, -0.15) is 0 Å². The Kier molecular flexibility index (Phi) is 5.11. The van der Waals surface area contributed by atoms with Gasteiger partial charge in [-0.25, -0.2) is 0 Å². The molecule has 1 heterocycles. The summed E-state index contributed by atoms with van der Waals surface area (Å²) in [5, 5.41) is 8.84. The van der Waals surface area contributed by atoms with Crippen molar-refractivity contribution in [2.24, 2.45) is 0 Å². The fraction of sp³-hybridized carbons (Fsp3) is 0.529. The molecule has 1 aliphatic heterocycles. The molecular weight excluding hydrogens is 268 g/mol. The van der Waals surface area contributed by atoms with Crippen molar-refractivity contribution in [2.75, 3.05) is 20.3 Å². The highest BCUT2D eigenvalue weighted by molar-refractivity contribution is 5.50. The van der Waals surface area contributed by atoms with E-state index < -0.39 is 0 Å². The predicted octanol–water partition coefficient (Wildman–Crippen LogP) is 2.38. The van der Waals surface area contributed by atoms with Crippen LogP contribution in [0, 0.1) is 11.8 Å². The van der Waals surface area contributed by atoms with Gasteiger partial charge in [0.15, 0.2) is 0 Å². The molecule has 1 fully saturated rings. The molecule has 1 saturated heterocycles. The summed E-state index contributed by atoms with van der Waals surface area (Å²) in [5.41, 5.74) is 0.647.